The van der Waals surface area contributed by atoms with Crippen LogP contribution in [0.4, 0.5) is 0 Å². The van der Waals surface area contributed by atoms with Gasteiger partial charge < -0.3 is 4.74 Å². The second kappa shape index (κ2) is 5.22. The summed E-state index contributed by atoms with van der Waals surface area (Å²) in [6.45, 7) is 6.68. The minimum Gasteiger partial charge on any atom is -0.462 e. The topological polar surface area (TPSA) is 55.4 Å². The molecule has 0 aliphatic heterocycles. The molecule has 0 heterocycles. The van der Waals surface area contributed by atoms with Crippen LogP contribution in [0.25, 0.3) is 0 Å². The number of rotatable bonds is 4. The van der Waals surface area contributed by atoms with E-state index >= 15 is 0 Å². The summed E-state index contributed by atoms with van der Waals surface area (Å²) in [5.74, 6) is -0.366. The van der Waals surface area contributed by atoms with Crippen LogP contribution in [0.2, 0.25) is 0 Å². The van der Waals surface area contributed by atoms with Crippen LogP contribution in [-0.2, 0) is 14.1 Å². The van der Waals surface area contributed by atoms with Crippen LogP contribution < -0.4 is 5.09 Å². The molecule has 0 saturated carbocycles. The lowest BCUT2D eigenvalue weighted by molar-refractivity contribution is -0.148. The lowest BCUT2D eigenvalue weighted by Crippen LogP contribution is -2.32. The highest BCUT2D eigenvalue weighted by atomic mass is 31.1. The molecule has 0 saturated heterocycles. The number of hydrogen-bond acceptors (Lipinski definition) is 3. The van der Waals surface area contributed by atoms with Crippen LogP contribution >= 0.6 is 7.95 Å². The van der Waals surface area contributed by atoms with Gasteiger partial charge in [-0.25, -0.2) is 0 Å². The summed E-state index contributed by atoms with van der Waals surface area (Å²) in [6, 6.07) is -0.499. The van der Waals surface area contributed by atoms with Crippen LogP contribution in [0.15, 0.2) is 0 Å². The molecule has 0 aliphatic carbocycles. The molecule has 4 nitrogen and oxygen atoms in total. The van der Waals surface area contributed by atoms with Crippen molar-refractivity contribution >= 4 is 13.9 Å². The Morgan fingerprint density at radius 3 is 2.25 bits per heavy atom. The zero-order valence-corrected chi connectivity index (χ0v) is 8.72. The summed E-state index contributed by atoms with van der Waals surface area (Å²) in [7, 11) is -1.50. The van der Waals surface area contributed by atoms with Gasteiger partial charge in [-0.05, 0) is 20.8 Å². The van der Waals surface area contributed by atoms with E-state index in [0.717, 1.165) is 0 Å². The molecular formula is C7H15NO3P+. The maximum absolute atomic E-state index is 11.1. The predicted octanol–water partition coefficient (Wildman–Crippen LogP) is 1.29. The molecule has 0 spiro atoms. The minimum absolute atomic E-state index is 0.128. The van der Waals surface area contributed by atoms with Gasteiger partial charge in [-0.3, -0.25) is 4.79 Å². The van der Waals surface area contributed by atoms with Gasteiger partial charge in [-0.1, -0.05) is 9.65 Å². The Labute approximate surface area is 73.5 Å². The van der Waals surface area contributed by atoms with Gasteiger partial charge in [-0.15, -0.1) is 0 Å². The van der Waals surface area contributed by atoms with Gasteiger partial charge in [0.25, 0.3) is 0 Å². The Morgan fingerprint density at radius 1 is 1.42 bits per heavy atom. The molecule has 5 heteroatoms. The standard InChI is InChI=1S/C7H15NO3P/c1-5(2)11-7(9)6(3)8-12(4)10/h5-6H,1-4H3,(H,8,10)/q+1/t6-/m0/s1. The molecular weight excluding hydrogens is 177 g/mol. The van der Waals surface area contributed by atoms with Crippen molar-refractivity contribution in [2.24, 2.45) is 0 Å². The summed E-state index contributed by atoms with van der Waals surface area (Å²) in [5, 5.41) is 2.58. The lowest BCUT2D eigenvalue weighted by Gasteiger charge is -2.10. The van der Waals surface area contributed by atoms with E-state index in [1.165, 1.54) is 6.66 Å². The van der Waals surface area contributed by atoms with Gasteiger partial charge in [0, 0.05) is 0 Å². The van der Waals surface area contributed by atoms with E-state index in [9.17, 15) is 9.36 Å². The first-order valence-electron chi connectivity index (χ1n) is 3.81. The van der Waals surface area contributed by atoms with Crippen LogP contribution in [0.1, 0.15) is 20.8 Å². The van der Waals surface area contributed by atoms with Crippen molar-refractivity contribution in [1.82, 2.24) is 5.09 Å². The Balaban J connectivity index is 3.85. The highest BCUT2D eigenvalue weighted by molar-refractivity contribution is 7.41. The Bertz CT molecular complexity index is 181. The third-order valence-electron chi connectivity index (χ3n) is 1.08. The van der Waals surface area contributed by atoms with Gasteiger partial charge in [0.1, 0.15) is 6.04 Å². The van der Waals surface area contributed by atoms with Gasteiger partial charge in [0.05, 0.1) is 6.10 Å². The molecule has 0 fully saturated rings. The maximum atomic E-state index is 11.1. The first kappa shape index (κ1) is 11.5. The molecule has 0 radical (unpaired) electrons. The van der Waals surface area contributed by atoms with E-state index in [2.05, 4.69) is 5.09 Å². The monoisotopic (exact) mass is 192 g/mol. The highest BCUT2D eigenvalue weighted by Gasteiger charge is 2.21. The van der Waals surface area contributed by atoms with Crippen LogP contribution in [0.5, 0.6) is 0 Å². The molecule has 0 aromatic rings. The minimum atomic E-state index is -1.50. The zero-order chi connectivity index (χ0) is 9.72. The molecule has 0 aromatic carbocycles. The molecule has 0 rings (SSSR count). The first-order valence-corrected chi connectivity index (χ1v) is 5.51. The van der Waals surface area contributed by atoms with E-state index in [-0.39, 0.29) is 12.1 Å². The van der Waals surface area contributed by atoms with E-state index < -0.39 is 14.0 Å². The van der Waals surface area contributed by atoms with Crippen molar-refractivity contribution in [3.63, 3.8) is 0 Å². The van der Waals surface area contributed by atoms with Crippen LogP contribution in [0, 0.1) is 0 Å². The molecule has 70 valence electrons. The van der Waals surface area contributed by atoms with E-state index in [0.29, 0.717) is 0 Å². The summed E-state index contributed by atoms with van der Waals surface area (Å²) < 4.78 is 15.6. The molecule has 1 N–H and O–H groups in total. The van der Waals surface area contributed by atoms with Crippen molar-refractivity contribution in [3.05, 3.63) is 0 Å². The fourth-order valence-corrected chi connectivity index (χ4v) is 1.31. The van der Waals surface area contributed by atoms with Gasteiger partial charge in [-0.2, -0.15) is 0 Å². The van der Waals surface area contributed by atoms with Crippen molar-refractivity contribution in [2.75, 3.05) is 6.66 Å². The summed E-state index contributed by atoms with van der Waals surface area (Å²) in [4.78, 5) is 11.1. The summed E-state index contributed by atoms with van der Waals surface area (Å²) in [5.41, 5.74) is 0. The summed E-state index contributed by atoms with van der Waals surface area (Å²) >= 11 is 0. The fourth-order valence-electron chi connectivity index (χ4n) is 0.660. The van der Waals surface area contributed by atoms with Crippen molar-refractivity contribution in [1.29, 1.82) is 0 Å². The zero-order valence-electron chi connectivity index (χ0n) is 7.83. The second-order valence-electron chi connectivity index (χ2n) is 2.83. The van der Waals surface area contributed by atoms with Crippen molar-refractivity contribution in [3.8, 4) is 0 Å². The number of carbonyl (C=O) groups excluding carboxylic acids is 1. The molecule has 12 heavy (non-hydrogen) atoms. The normalized spacial score (nSPS) is 14.2. The average Bonchev–Trinajstić information content (AvgIpc) is 1.84. The highest BCUT2D eigenvalue weighted by Crippen LogP contribution is 2.08. The SMILES string of the molecule is CC(C)OC(=O)[C@H](C)N[P+](C)=O. The van der Waals surface area contributed by atoms with Gasteiger partial charge in [0.2, 0.25) is 0 Å². The van der Waals surface area contributed by atoms with Crippen molar-refractivity contribution in [2.45, 2.75) is 32.9 Å². The smallest absolute Gasteiger partial charge is 0.429 e. The summed E-state index contributed by atoms with van der Waals surface area (Å²) in [6.07, 6.45) is -0.128. The van der Waals surface area contributed by atoms with Gasteiger partial charge in [0.15, 0.2) is 6.66 Å². The predicted molar refractivity (Wildman–Crippen MR) is 47.4 cm³/mol. The number of carbonyl (C=O) groups is 1. The number of nitrogens with one attached hydrogen (secondary N) is 1. The molecule has 0 bridgehead atoms. The quantitative estimate of drug-likeness (QED) is 0.538. The van der Waals surface area contributed by atoms with E-state index in [4.69, 9.17) is 4.74 Å². The molecule has 0 aromatic heterocycles. The molecule has 0 aliphatic rings. The second-order valence-corrected chi connectivity index (χ2v) is 4.09. The molecule has 1 unspecified atom stereocenters. The largest absolute Gasteiger partial charge is 0.462 e. The van der Waals surface area contributed by atoms with E-state index in [1.54, 1.807) is 20.8 Å². The molecule has 0 amide bonds. The Hall–Kier alpha value is -0.470. The lowest BCUT2D eigenvalue weighted by atomic mass is 10.4. The fraction of sp³-hybridized carbons (Fsp3) is 0.857. The number of ether oxygens (including phenoxy) is 1. The van der Waals surface area contributed by atoms with Crippen molar-refractivity contribution < 1.29 is 14.1 Å². The Morgan fingerprint density at radius 2 is 1.92 bits per heavy atom. The first-order chi connectivity index (χ1) is 5.43. The van der Waals surface area contributed by atoms with Crippen LogP contribution in [0.3, 0.4) is 0 Å². The molecule has 2 atom stereocenters. The number of hydrogen-bond donors (Lipinski definition) is 1. The number of esters is 1. The Kier molecular flexibility index (Phi) is 5.02. The van der Waals surface area contributed by atoms with Gasteiger partial charge >= 0.3 is 13.9 Å². The third kappa shape index (κ3) is 5.22. The third-order valence-corrected chi connectivity index (χ3v) is 1.83. The van der Waals surface area contributed by atoms with Crippen LogP contribution in [-0.4, -0.2) is 24.8 Å². The van der Waals surface area contributed by atoms with E-state index in [1.807, 2.05) is 0 Å². The maximum Gasteiger partial charge on any atom is 0.429 e. The average molecular weight is 192 g/mol.